The second-order valence-corrected chi connectivity index (χ2v) is 4.96. The maximum atomic E-state index is 12.2. The highest BCUT2D eigenvalue weighted by atomic mass is 16.1. The van der Waals surface area contributed by atoms with E-state index in [0.717, 1.165) is 25.2 Å². The van der Waals surface area contributed by atoms with E-state index in [0.29, 0.717) is 18.1 Å². The molecule has 0 unspecified atom stereocenters. The average Bonchev–Trinajstić information content (AvgIpc) is 2.62. The van der Waals surface area contributed by atoms with E-state index in [1.54, 1.807) is 6.20 Å². The molecule has 94 valence electrons. The molecule has 0 aliphatic heterocycles. The first kappa shape index (κ1) is 12.3. The van der Waals surface area contributed by atoms with Gasteiger partial charge < -0.3 is 4.57 Å². The number of nitrogens with zero attached hydrogens (tertiary/aromatic N) is 2. The number of carbonyl (C=O) groups is 1. The minimum atomic E-state index is 0.291. The lowest BCUT2D eigenvalue weighted by atomic mass is 9.93. The highest BCUT2D eigenvalue weighted by Gasteiger charge is 2.21. The predicted octanol–water partition coefficient (Wildman–Crippen LogP) is 2.99. The molecule has 1 aromatic heterocycles. The first-order chi connectivity index (χ1) is 8.31. The number of hydrogen-bond acceptors (Lipinski definition) is 2. The molecule has 3 nitrogen and oxygen atoms in total. The molecule has 1 aromatic rings. The average molecular weight is 234 g/mol. The van der Waals surface area contributed by atoms with Crippen LogP contribution in [-0.2, 0) is 17.8 Å². The van der Waals surface area contributed by atoms with Crippen molar-refractivity contribution in [2.75, 3.05) is 0 Å². The molecule has 0 saturated heterocycles. The number of aryl methyl sites for hydroxylation is 1. The quantitative estimate of drug-likeness (QED) is 0.751. The van der Waals surface area contributed by atoms with Crippen LogP contribution in [-0.4, -0.2) is 15.3 Å². The lowest BCUT2D eigenvalue weighted by Crippen LogP contribution is -2.18. The van der Waals surface area contributed by atoms with Gasteiger partial charge in [0, 0.05) is 24.9 Å². The summed E-state index contributed by atoms with van der Waals surface area (Å²) in [4.78, 5) is 16.5. The Hall–Kier alpha value is -1.12. The topological polar surface area (TPSA) is 34.9 Å². The van der Waals surface area contributed by atoms with Crippen LogP contribution < -0.4 is 0 Å². The summed E-state index contributed by atoms with van der Waals surface area (Å²) in [6.07, 6.45) is 11.5. The molecule has 0 radical (unpaired) electrons. The van der Waals surface area contributed by atoms with Gasteiger partial charge >= 0.3 is 0 Å². The van der Waals surface area contributed by atoms with Gasteiger partial charge in [0.15, 0.2) is 0 Å². The van der Waals surface area contributed by atoms with Crippen LogP contribution in [0.1, 0.15) is 51.3 Å². The van der Waals surface area contributed by atoms with Gasteiger partial charge in [-0.2, -0.15) is 0 Å². The molecule has 1 fully saturated rings. The van der Waals surface area contributed by atoms with Crippen molar-refractivity contribution < 1.29 is 4.79 Å². The van der Waals surface area contributed by atoms with Crippen molar-refractivity contribution in [1.82, 2.24) is 9.55 Å². The number of Topliss-reactive ketones (excluding diaryl/α,β-unsaturated/α-hetero) is 1. The molecule has 1 aliphatic rings. The van der Waals surface area contributed by atoms with Gasteiger partial charge in [-0.05, 0) is 19.8 Å². The molecule has 3 heteroatoms. The standard InChI is InChI=1S/C14H22N2O/c1-2-16-10-9-15-14(16)11-13(17)12-7-5-3-4-6-8-12/h9-10,12H,2-8,11H2,1H3. The van der Waals surface area contributed by atoms with E-state index < -0.39 is 0 Å². The third kappa shape index (κ3) is 3.18. The number of imidazole rings is 1. The van der Waals surface area contributed by atoms with Gasteiger partial charge in [0.2, 0.25) is 0 Å². The highest BCUT2D eigenvalue weighted by molar-refractivity contribution is 5.82. The van der Waals surface area contributed by atoms with E-state index in [2.05, 4.69) is 16.5 Å². The maximum absolute atomic E-state index is 12.2. The van der Waals surface area contributed by atoms with Gasteiger partial charge in [0.25, 0.3) is 0 Å². The Morgan fingerprint density at radius 3 is 2.71 bits per heavy atom. The summed E-state index contributed by atoms with van der Waals surface area (Å²) >= 11 is 0. The van der Waals surface area contributed by atoms with Crippen molar-refractivity contribution in [2.24, 2.45) is 5.92 Å². The minimum Gasteiger partial charge on any atom is -0.335 e. The van der Waals surface area contributed by atoms with Crippen LogP contribution >= 0.6 is 0 Å². The van der Waals surface area contributed by atoms with E-state index in [9.17, 15) is 4.79 Å². The first-order valence-electron chi connectivity index (χ1n) is 6.84. The molecular weight excluding hydrogens is 212 g/mol. The van der Waals surface area contributed by atoms with Crippen molar-refractivity contribution in [2.45, 2.75) is 58.4 Å². The highest BCUT2D eigenvalue weighted by Crippen LogP contribution is 2.24. The van der Waals surface area contributed by atoms with Crippen LogP contribution in [0.4, 0.5) is 0 Å². The molecule has 0 bridgehead atoms. The zero-order valence-electron chi connectivity index (χ0n) is 10.7. The zero-order chi connectivity index (χ0) is 12.1. The molecule has 0 spiro atoms. The lowest BCUT2D eigenvalue weighted by Gasteiger charge is -2.12. The summed E-state index contributed by atoms with van der Waals surface area (Å²) < 4.78 is 2.06. The van der Waals surface area contributed by atoms with Gasteiger partial charge in [-0.25, -0.2) is 4.98 Å². The third-order valence-corrected chi connectivity index (χ3v) is 3.79. The van der Waals surface area contributed by atoms with Crippen LogP contribution in [0, 0.1) is 5.92 Å². The van der Waals surface area contributed by atoms with Crippen LogP contribution in [0.15, 0.2) is 12.4 Å². The van der Waals surface area contributed by atoms with Crippen molar-refractivity contribution >= 4 is 5.78 Å². The molecule has 17 heavy (non-hydrogen) atoms. The maximum Gasteiger partial charge on any atom is 0.143 e. The zero-order valence-corrected chi connectivity index (χ0v) is 10.7. The number of rotatable bonds is 4. The molecule has 1 saturated carbocycles. The van der Waals surface area contributed by atoms with Gasteiger partial charge in [-0.15, -0.1) is 0 Å². The van der Waals surface area contributed by atoms with Crippen molar-refractivity contribution in [1.29, 1.82) is 0 Å². The Labute approximate surface area is 103 Å². The van der Waals surface area contributed by atoms with Gasteiger partial charge in [0.05, 0.1) is 6.42 Å². The summed E-state index contributed by atoms with van der Waals surface area (Å²) in [5.74, 6) is 1.62. The van der Waals surface area contributed by atoms with Crippen LogP contribution in [0.3, 0.4) is 0 Å². The molecule has 0 atom stereocenters. The second-order valence-electron chi connectivity index (χ2n) is 4.96. The fourth-order valence-corrected chi connectivity index (χ4v) is 2.70. The van der Waals surface area contributed by atoms with Crippen molar-refractivity contribution in [3.8, 4) is 0 Å². The number of aromatic nitrogens is 2. The number of hydrogen-bond donors (Lipinski definition) is 0. The molecule has 2 rings (SSSR count). The van der Waals surface area contributed by atoms with E-state index in [-0.39, 0.29) is 0 Å². The fourth-order valence-electron chi connectivity index (χ4n) is 2.70. The van der Waals surface area contributed by atoms with Gasteiger partial charge in [-0.1, -0.05) is 25.7 Å². The molecule has 0 aromatic carbocycles. The Kier molecular flexibility index (Phi) is 4.35. The molecule has 1 aliphatic carbocycles. The fraction of sp³-hybridized carbons (Fsp3) is 0.714. The second kappa shape index (κ2) is 5.99. The minimum absolute atomic E-state index is 0.291. The normalized spacial score (nSPS) is 17.9. The summed E-state index contributed by atoms with van der Waals surface area (Å²) in [6.45, 7) is 2.98. The van der Waals surface area contributed by atoms with Crippen LogP contribution in [0.25, 0.3) is 0 Å². The lowest BCUT2D eigenvalue weighted by molar-refractivity contribution is -0.122. The SMILES string of the molecule is CCn1ccnc1CC(=O)C1CCCCCC1. The smallest absolute Gasteiger partial charge is 0.143 e. The van der Waals surface area contributed by atoms with Crippen LogP contribution in [0.2, 0.25) is 0 Å². The summed E-state index contributed by atoms with van der Waals surface area (Å²) in [6, 6.07) is 0. The third-order valence-electron chi connectivity index (χ3n) is 3.79. The van der Waals surface area contributed by atoms with Crippen molar-refractivity contribution in [3.05, 3.63) is 18.2 Å². The summed E-state index contributed by atoms with van der Waals surface area (Å²) in [5.41, 5.74) is 0. The number of ketones is 1. The Balaban J connectivity index is 1.95. The Bertz CT molecular complexity index is 362. The van der Waals surface area contributed by atoms with Gasteiger partial charge in [-0.3, -0.25) is 4.79 Å². The first-order valence-corrected chi connectivity index (χ1v) is 6.84. The Morgan fingerprint density at radius 1 is 1.35 bits per heavy atom. The van der Waals surface area contributed by atoms with E-state index in [4.69, 9.17) is 0 Å². The molecule has 0 amide bonds. The van der Waals surface area contributed by atoms with Crippen molar-refractivity contribution in [3.63, 3.8) is 0 Å². The van der Waals surface area contributed by atoms with E-state index >= 15 is 0 Å². The summed E-state index contributed by atoms with van der Waals surface area (Å²) in [7, 11) is 0. The summed E-state index contributed by atoms with van der Waals surface area (Å²) in [5, 5.41) is 0. The van der Waals surface area contributed by atoms with Crippen LogP contribution in [0.5, 0.6) is 0 Å². The van der Waals surface area contributed by atoms with E-state index in [1.165, 1.54) is 25.7 Å². The number of carbonyl (C=O) groups excluding carboxylic acids is 1. The molecule has 1 heterocycles. The molecular formula is C14H22N2O. The predicted molar refractivity (Wildman–Crippen MR) is 67.8 cm³/mol. The Morgan fingerprint density at radius 2 is 2.06 bits per heavy atom. The van der Waals surface area contributed by atoms with Gasteiger partial charge in [0.1, 0.15) is 11.6 Å². The molecule has 0 N–H and O–H groups in total. The monoisotopic (exact) mass is 234 g/mol. The van der Waals surface area contributed by atoms with E-state index in [1.807, 2.05) is 6.20 Å². The largest absolute Gasteiger partial charge is 0.335 e.